The highest BCUT2D eigenvalue weighted by molar-refractivity contribution is 7.89. The monoisotopic (exact) mass is 279 g/mol. The Morgan fingerprint density at radius 2 is 2.41 bits per heavy atom. The molecule has 1 aromatic heterocycles. The second kappa shape index (κ2) is 4.93. The van der Waals surface area contributed by atoms with Crippen LogP contribution >= 0.6 is 11.6 Å². The summed E-state index contributed by atoms with van der Waals surface area (Å²) in [6, 6.07) is 1.44. The van der Waals surface area contributed by atoms with E-state index in [0.717, 1.165) is 0 Å². The first-order valence-corrected chi connectivity index (χ1v) is 7.22. The number of aromatic amines is 1. The normalized spacial score (nSPS) is 27.2. The van der Waals surface area contributed by atoms with Crippen LogP contribution in [0.4, 0.5) is 0 Å². The lowest BCUT2D eigenvalue weighted by molar-refractivity contribution is -0.0423. The molecule has 1 fully saturated rings. The van der Waals surface area contributed by atoms with Gasteiger partial charge in [-0.15, -0.1) is 11.6 Å². The van der Waals surface area contributed by atoms with E-state index in [9.17, 15) is 8.42 Å². The van der Waals surface area contributed by atoms with Crippen molar-refractivity contribution in [2.75, 3.05) is 19.0 Å². The summed E-state index contributed by atoms with van der Waals surface area (Å²) in [7, 11) is -3.52. The van der Waals surface area contributed by atoms with Crippen LogP contribution in [-0.4, -0.2) is 54.1 Å². The van der Waals surface area contributed by atoms with Gasteiger partial charge in [0, 0.05) is 19.0 Å². The number of hydrogen-bond acceptors (Lipinski definition) is 4. The van der Waals surface area contributed by atoms with E-state index in [-0.39, 0.29) is 29.7 Å². The van der Waals surface area contributed by atoms with Crippen molar-refractivity contribution in [2.24, 2.45) is 0 Å². The molecule has 0 radical (unpaired) electrons. The zero-order valence-corrected chi connectivity index (χ0v) is 10.9. The van der Waals surface area contributed by atoms with Crippen molar-refractivity contribution in [3.8, 4) is 0 Å². The van der Waals surface area contributed by atoms with Gasteiger partial charge in [0.2, 0.25) is 0 Å². The molecular formula is C9H14ClN3O3S. The first-order chi connectivity index (χ1) is 8.04. The van der Waals surface area contributed by atoms with Crippen LogP contribution in [0.5, 0.6) is 0 Å². The van der Waals surface area contributed by atoms with E-state index in [1.807, 2.05) is 6.92 Å². The lowest BCUT2D eigenvalue weighted by Gasteiger charge is -2.34. The van der Waals surface area contributed by atoms with E-state index < -0.39 is 10.0 Å². The van der Waals surface area contributed by atoms with Crippen LogP contribution in [0.25, 0.3) is 0 Å². The summed E-state index contributed by atoms with van der Waals surface area (Å²) in [6.45, 7) is 2.43. The molecule has 1 aliphatic rings. The fraction of sp³-hybridized carbons (Fsp3) is 0.667. The first kappa shape index (κ1) is 12.8. The van der Waals surface area contributed by atoms with Crippen molar-refractivity contribution in [2.45, 2.75) is 24.2 Å². The van der Waals surface area contributed by atoms with Crippen LogP contribution in [0.15, 0.2) is 17.3 Å². The van der Waals surface area contributed by atoms with Gasteiger partial charge in [-0.3, -0.25) is 5.10 Å². The lowest BCUT2D eigenvalue weighted by Crippen LogP contribution is -2.49. The molecule has 8 heteroatoms. The highest BCUT2D eigenvalue weighted by Gasteiger charge is 2.34. The Labute approximate surface area is 105 Å². The van der Waals surface area contributed by atoms with Gasteiger partial charge < -0.3 is 4.74 Å². The molecular weight excluding hydrogens is 266 g/mol. The molecule has 0 bridgehead atoms. The molecule has 1 saturated heterocycles. The highest BCUT2D eigenvalue weighted by atomic mass is 35.5. The van der Waals surface area contributed by atoms with Crippen molar-refractivity contribution in [1.82, 2.24) is 14.5 Å². The number of ether oxygens (including phenoxy) is 1. The summed E-state index contributed by atoms with van der Waals surface area (Å²) < 4.78 is 31.3. The Bertz CT molecular complexity index is 462. The molecule has 0 saturated carbocycles. The van der Waals surface area contributed by atoms with E-state index in [0.29, 0.717) is 6.54 Å². The van der Waals surface area contributed by atoms with Crippen LogP contribution in [0.3, 0.4) is 0 Å². The smallest absolute Gasteiger partial charge is 0.260 e. The molecule has 6 nitrogen and oxygen atoms in total. The summed E-state index contributed by atoms with van der Waals surface area (Å²) in [6.07, 6.45) is 0.985. The van der Waals surface area contributed by atoms with E-state index in [4.69, 9.17) is 16.3 Å². The van der Waals surface area contributed by atoms with Crippen LogP contribution < -0.4 is 0 Å². The molecule has 1 N–H and O–H groups in total. The van der Waals surface area contributed by atoms with Gasteiger partial charge in [0.25, 0.3) is 10.0 Å². The standard InChI is InChI=1S/C9H14ClN3O3S/c1-7-5-13(6-8(4-10)16-7)17(14,15)9-2-3-11-12-9/h2-3,7-8H,4-6H2,1H3,(H,11,12). The zero-order valence-electron chi connectivity index (χ0n) is 9.34. The summed E-state index contributed by atoms with van der Waals surface area (Å²) in [5.41, 5.74) is 0. The van der Waals surface area contributed by atoms with Gasteiger partial charge in [-0.1, -0.05) is 0 Å². The van der Waals surface area contributed by atoms with E-state index in [2.05, 4.69) is 10.2 Å². The third-order valence-electron chi connectivity index (χ3n) is 2.56. The van der Waals surface area contributed by atoms with Crippen LogP contribution in [-0.2, 0) is 14.8 Å². The maximum Gasteiger partial charge on any atom is 0.260 e. The molecule has 96 valence electrons. The minimum Gasteiger partial charge on any atom is -0.371 e. The van der Waals surface area contributed by atoms with Gasteiger partial charge in [-0.2, -0.15) is 9.40 Å². The molecule has 1 aliphatic heterocycles. The topological polar surface area (TPSA) is 75.3 Å². The average Bonchev–Trinajstić information content (AvgIpc) is 2.82. The minimum absolute atomic E-state index is 0.0972. The Balaban J connectivity index is 2.22. The molecule has 2 unspecified atom stereocenters. The van der Waals surface area contributed by atoms with Crippen molar-refractivity contribution < 1.29 is 13.2 Å². The summed E-state index contributed by atoms with van der Waals surface area (Å²) >= 11 is 5.72. The van der Waals surface area contributed by atoms with Gasteiger partial charge >= 0.3 is 0 Å². The second-order valence-electron chi connectivity index (χ2n) is 3.97. The lowest BCUT2D eigenvalue weighted by atomic mass is 10.3. The largest absolute Gasteiger partial charge is 0.371 e. The number of aromatic nitrogens is 2. The molecule has 2 rings (SSSR count). The highest BCUT2D eigenvalue weighted by Crippen LogP contribution is 2.19. The maximum absolute atomic E-state index is 12.2. The summed E-state index contributed by atoms with van der Waals surface area (Å²) in [4.78, 5) is 0. The van der Waals surface area contributed by atoms with Gasteiger partial charge in [0.1, 0.15) is 0 Å². The molecule has 0 amide bonds. The first-order valence-electron chi connectivity index (χ1n) is 5.25. The predicted molar refractivity (Wildman–Crippen MR) is 62.4 cm³/mol. The number of nitrogens with one attached hydrogen (secondary N) is 1. The second-order valence-corrected chi connectivity index (χ2v) is 6.18. The van der Waals surface area contributed by atoms with E-state index in [1.54, 1.807) is 0 Å². The van der Waals surface area contributed by atoms with E-state index >= 15 is 0 Å². The third kappa shape index (κ3) is 2.62. The molecule has 0 aliphatic carbocycles. The maximum atomic E-state index is 12.2. The average molecular weight is 280 g/mol. The number of rotatable bonds is 3. The Morgan fingerprint density at radius 3 is 3.00 bits per heavy atom. The number of morpholine rings is 1. The number of H-pyrrole nitrogens is 1. The number of sulfonamides is 1. The zero-order chi connectivity index (χ0) is 12.5. The number of nitrogens with zero attached hydrogens (tertiary/aromatic N) is 2. The quantitative estimate of drug-likeness (QED) is 0.814. The van der Waals surface area contributed by atoms with Crippen LogP contribution in [0.1, 0.15) is 6.92 Å². The molecule has 17 heavy (non-hydrogen) atoms. The van der Waals surface area contributed by atoms with E-state index in [1.165, 1.54) is 16.6 Å². The van der Waals surface area contributed by atoms with Gasteiger partial charge in [-0.05, 0) is 13.0 Å². The Hall–Kier alpha value is -0.630. The van der Waals surface area contributed by atoms with Gasteiger partial charge in [0.05, 0.1) is 18.4 Å². The molecule has 2 atom stereocenters. The fourth-order valence-electron chi connectivity index (χ4n) is 1.81. The number of halogens is 1. The molecule has 1 aromatic rings. The summed E-state index contributed by atoms with van der Waals surface area (Å²) in [5, 5.41) is 6.22. The number of hydrogen-bond donors (Lipinski definition) is 1. The van der Waals surface area contributed by atoms with Gasteiger partial charge in [-0.25, -0.2) is 8.42 Å². The Kier molecular flexibility index (Phi) is 3.72. The van der Waals surface area contributed by atoms with Crippen molar-refractivity contribution in [3.63, 3.8) is 0 Å². The van der Waals surface area contributed by atoms with Crippen LogP contribution in [0.2, 0.25) is 0 Å². The van der Waals surface area contributed by atoms with Crippen molar-refractivity contribution in [3.05, 3.63) is 12.3 Å². The Morgan fingerprint density at radius 1 is 1.65 bits per heavy atom. The predicted octanol–water partition coefficient (Wildman–Crippen LogP) is 0.426. The van der Waals surface area contributed by atoms with Crippen LogP contribution in [0, 0.1) is 0 Å². The van der Waals surface area contributed by atoms with Crippen molar-refractivity contribution >= 4 is 21.6 Å². The molecule has 0 aromatic carbocycles. The molecule has 0 spiro atoms. The van der Waals surface area contributed by atoms with Crippen molar-refractivity contribution in [1.29, 1.82) is 0 Å². The molecule has 2 heterocycles. The number of alkyl halides is 1. The SMILES string of the molecule is CC1CN(S(=O)(=O)c2ccn[nH]2)CC(CCl)O1. The summed E-state index contributed by atoms with van der Waals surface area (Å²) in [5.74, 6) is 0.277. The third-order valence-corrected chi connectivity index (χ3v) is 4.66. The minimum atomic E-state index is -3.52. The fourth-order valence-corrected chi connectivity index (χ4v) is 3.43. The van der Waals surface area contributed by atoms with Gasteiger partial charge in [0.15, 0.2) is 5.03 Å².